The SMILES string of the molecule is CN(C)CCNC(=O)c1cccc(C(=O)NCc2ccc3c(c2)OCO3)c1. The Balaban J connectivity index is 1.57. The zero-order chi connectivity index (χ0) is 19.2. The van der Waals surface area contributed by atoms with Crippen molar-refractivity contribution in [3.63, 3.8) is 0 Å². The normalized spacial score (nSPS) is 12.1. The minimum atomic E-state index is -0.240. The monoisotopic (exact) mass is 369 g/mol. The van der Waals surface area contributed by atoms with Crippen molar-refractivity contribution in [3.8, 4) is 11.5 Å². The third-order valence-corrected chi connectivity index (χ3v) is 4.12. The number of benzene rings is 2. The molecule has 0 radical (unpaired) electrons. The second kappa shape index (κ2) is 8.55. The Bertz CT molecular complexity index is 836. The van der Waals surface area contributed by atoms with Crippen LogP contribution in [0.15, 0.2) is 42.5 Å². The van der Waals surface area contributed by atoms with E-state index in [1.807, 2.05) is 37.2 Å². The number of nitrogens with zero attached hydrogens (tertiary/aromatic N) is 1. The third kappa shape index (κ3) is 4.98. The predicted molar refractivity (Wildman–Crippen MR) is 101 cm³/mol. The molecule has 7 heteroatoms. The van der Waals surface area contributed by atoms with E-state index in [1.54, 1.807) is 24.3 Å². The first-order valence-electron chi connectivity index (χ1n) is 8.72. The lowest BCUT2D eigenvalue weighted by Gasteiger charge is -2.11. The maximum absolute atomic E-state index is 12.4. The van der Waals surface area contributed by atoms with Gasteiger partial charge in [0, 0.05) is 30.8 Å². The van der Waals surface area contributed by atoms with Gasteiger partial charge in [0.05, 0.1) is 0 Å². The molecule has 0 bridgehead atoms. The lowest BCUT2D eigenvalue weighted by Crippen LogP contribution is -2.31. The Kier molecular flexibility index (Phi) is 5.93. The van der Waals surface area contributed by atoms with Gasteiger partial charge in [-0.05, 0) is 50.0 Å². The van der Waals surface area contributed by atoms with E-state index in [0.29, 0.717) is 35.7 Å². The second-order valence-electron chi connectivity index (χ2n) is 6.51. The Morgan fingerprint density at radius 1 is 0.963 bits per heavy atom. The lowest BCUT2D eigenvalue weighted by atomic mass is 10.1. The molecule has 7 nitrogen and oxygen atoms in total. The first-order valence-corrected chi connectivity index (χ1v) is 8.72. The van der Waals surface area contributed by atoms with Crippen LogP contribution in [0, 0.1) is 0 Å². The van der Waals surface area contributed by atoms with Crippen LogP contribution in [0.3, 0.4) is 0 Å². The highest BCUT2D eigenvalue weighted by atomic mass is 16.7. The van der Waals surface area contributed by atoms with Gasteiger partial charge >= 0.3 is 0 Å². The number of carbonyl (C=O) groups is 2. The summed E-state index contributed by atoms with van der Waals surface area (Å²) in [6, 6.07) is 12.2. The Hall–Kier alpha value is -3.06. The molecule has 0 aromatic heterocycles. The fourth-order valence-corrected chi connectivity index (χ4v) is 2.63. The average molecular weight is 369 g/mol. The molecule has 1 aliphatic rings. The maximum Gasteiger partial charge on any atom is 0.251 e. The van der Waals surface area contributed by atoms with Crippen molar-refractivity contribution in [1.29, 1.82) is 0 Å². The molecule has 27 heavy (non-hydrogen) atoms. The maximum atomic E-state index is 12.4. The molecule has 0 fully saturated rings. The minimum absolute atomic E-state index is 0.192. The standard InChI is InChI=1S/C20H23N3O4/c1-23(2)9-8-21-19(24)15-4-3-5-16(11-15)20(25)22-12-14-6-7-17-18(10-14)27-13-26-17/h3-7,10-11H,8-9,12-13H2,1-2H3,(H,21,24)(H,22,25). The predicted octanol–water partition coefficient (Wildman–Crippen LogP) is 1.64. The summed E-state index contributed by atoms with van der Waals surface area (Å²) < 4.78 is 10.6. The minimum Gasteiger partial charge on any atom is -0.454 e. The fraction of sp³-hybridized carbons (Fsp3) is 0.300. The topological polar surface area (TPSA) is 79.9 Å². The molecule has 0 atom stereocenters. The Morgan fingerprint density at radius 3 is 2.41 bits per heavy atom. The van der Waals surface area contributed by atoms with Crippen molar-refractivity contribution in [2.45, 2.75) is 6.54 Å². The number of ether oxygens (including phenoxy) is 2. The highest BCUT2D eigenvalue weighted by Crippen LogP contribution is 2.32. The van der Waals surface area contributed by atoms with Crippen LogP contribution in [-0.4, -0.2) is 50.7 Å². The van der Waals surface area contributed by atoms with Crippen LogP contribution in [-0.2, 0) is 6.54 Å². The second-order valence-corrected chi connectivity index (χ2v) is 6.51. The van der Waals surface area contributed by atoms with Crippen molar-refractivity contribution < 1.29 is 19.1 Å². The zero-order valence-electron chi connectivity index (χ0n) is 15.5. The number of nitrogens with one attached hydrogen (secondary N) is 2. The summed E-state index contributed by atoms with van der Waals surface area (Å²) in [6.07, 6.45) is 0. The molecule has 0 aliphatic carbocycles. The van der Waals surface area contributed by atoms with E-state index in [2.05, 4.69) is 10.6 Å². The lowest BCUT2D eigenvalue weighted by molar-refractivity contribution is 0.0950. The van der Waals surface area contributed by atoms with E-state index in [4.69, 9.17) is 9.47 Å². The molecular formula is C20H23N3O4. The molecular weight excluding hydrogens is 346 g/mol. The fourth-order valence-electron chi connectivity index (χ4n) is 2.63. The Labute approximate surface area is 158 Å². The molecule has 3 rings (SSSR count). The smallest absolute Gasteiger partial charge is 0.251 e. The molecule has 1 aliphatic heterocycles. The van der Waals surface area contributed by atoms with Crippen molar-refractivity contribution in [1.82, 2.24) is 15.5 Å². The molecule has 2 amide bonds. The average Bonchev–Trinajstić information content (AvgIpc) is 3.13. The number of fused-ring (bicyclic) bond motifs is 1. The van der Waals surface area contributed by atoms with Crippen molar-refractivity contribution in [2.75, 3.05) is 34.0 Å². The van der Waals surface area contributed by atoms with E-state index < -0.39 is 0 Å². The first kappa shape index (κ1) is 18.7. The highest BCUT2D eigenvalue weighted by Gasteiger charge is 2.14. The van der Waals surface area contributed by atoms with Crippen molar-refractivity contribution in [2.24, 2.45) is 0 Å². The Morgan fingerprint density at radius 2 is 1.67 bits per heavy atom. The van der Waals surface area contributed by atoms with Gasteiger partial charge in [-0.3, -0.25) is 9.59 Å². The van der Waals surface area contributed by atoms with Crippen LogP contribution < -0.4 is 20.1 Å². The van der Waals surface area contributed by atoms with Crippen LogP contribution in [0.2, 0.25) is 0 Å². The molecule has 0 saturated heterocycles. The molecule has 142 valence electrons. The molecule has 2 aromatic carbocycles. The van der Waals surface area contributed by atoms with Gasteiger partial charge in [0.15, 0.2) is 11.5 Å². The zero-order valence-corrected chi connectivity index (χ0v) is 15.5. The molecule has 2 N–H and O–H groups in total. The first-order chi connectivity index (χ1) is 13.0. The van der Waals surface area contributed by atoms with Gasteiger partial charge in [0.2, 0.25) is 6.79 Å². The summed E-state index contributed by atoms with van der Waals surface area (Å²) in [4.78, 5) is 26.6. The van der Waals surface area contributed by atoms with E-state index in [9.17, 15) is 9.59 Å². The van der Waals surface area contributed by atoms with Gasteiger partial charge in [0.1, 0.15) is 0 Å². The summed E-state index contributed by atoms with van der Waals surface area (Å²) in [5.74, 6) is 0.953. The van der Waals surface area contributed by atoms with E-state index in [1.165, 1.54) is 0 Å². The summed E-state index contributed by atoms with van der Waals surface area (Å²) in [5, 5.41) is 5.70. The summed E-state index contributed by atoms with van der Waals surface area (Å²) in [7, 11) is 3.88. The molecule has 1 heterocycles. The molecule has 0 saturated carbocycles. The van der Waals surface area contributed by atoms with Crippen LogP contribution in [0.1, 0.15) is 26.3 Å². The number of amides is 2. The summed E-state index contributed by atoms with van der Waals surface area (Å²) in [6.45, 7) is 1.87. The number of rotatable bonds is 7. The summed E-state index contributed by atoms with van der Waals surface area (Å²) in [5.41, 5.74) is 1.81. The van der Waals surface area contributed by atoms with Gasteiger partial charge in [-0.15, -0.1) is 0 Å². The van der Waals surface area contributed by atoms with Gasteiger partial charge in [0.25, 0.3) is 11.8 Å². The number of hydrogen-bond donors (Lipinski definition) is 2. The van der Waals surface area contributed by atoms with Gasteiger partial charge in [-0.1, -0.05) is 12.1 Å². The number of hydrogen-bond acceptors (Lipinski definition) is 5. The van der Waals surface area contributed by atoms with Gasteiger partial charge in [-0.25, -0.2) is 0 Å². The van der Waals surface area contributed by atoms with Crippen LogP contribution in [0.5, 0.6) is 11.5 Å². The largest absolute Gasteiger partial charge is 0.454 e. The third-order valence-electron chi connectivity index (χ3n) is 4.12. The molecule has 2 aromatic rings. The quantitative estimate of drug-likeness (QED) is 0.776. The van der Waals surface area contributed by atoms with E-state index in [0.717, 1.165) is 12.1 Å². The number of likely N-dealkylation sites (N-methyl/N-ethyl adjacent to an activating group) is 1. The van der Waals surface area contributed by atoms with Crippen LogP contribution in [0.25, 0.3) is 0 Å². The van der Waals surface area contributed by atoms with Crippen LogP contribution >= 0.6 is 0 Å². The van der Waals surface area contributed by atoms with E-state index in [-0.39, 0.29) is 18.6 Å². The molecule has 0 spiro atoms. The van der Waals surface area contributed by atoms with Crippen molar-refractivity contribution >= 4 is 11.8 Å². The van der Waals surface area contributed by atoms with Crippen LogP contribution in [0.4, 0.5) is 0 Å². The van der Waals surface area contributed by atoms with Gasteiger partial charge < -0.3 is 25.0 Å². The van der Waals surface area contributed by atoms with Gasteiger partial charge in [-0.2, -0.15) is 0 Å². The molecule has 0 unspecified atom stereocenters. The summed E-state index contributed by atoms with van der Waals surface area (Å²) >= 11 is 0. The number of carbonyl (C=O) groups excluding carboxylic acids is 2. The highest BCUT2D eigenvalue weighted by molar-refractivity contribution is 5.99. The van der Waals surface area contributed by atoms with Crippen molar-refractivity contribution in [3.05, 3.63) is 59.2 Å². The van der Waals surface area contributed by atoms with E-state index >= 15 is 0 Å².